The molecule has 1 aromatic rings. The molecule has 1 fully saturated rings. The van der Waals surface area contributed by atoms with Crippen molar-refractivity contribution in [3.8, 4) is 0 Å². The molecule has 0 aliphatic carbocycles. The topological polar surface area (TPSA) is 138 Å². The summed E-state index contributed by atoms with van der Waals surface area (Å²) in [6.45, 7) is 1.81. The first-order chi connectivity index (χ1) is 11.5. The third-order valence-electron chi connectivity index (χ3n) is 3.12. The monoisotopic (exact) mass is 386 g/mol. The molecule has 1 aromatic heterocycles. The Hall–Kier alpha value is -2.18. The third-order valence-corrected chi connectivity index (χ3v) is 3.40. The van der Waals surface area contributed by atoms with Gasteiger partial charge in [-0.15, -0.1) is 0 Å². The molecule has 4 N–H and O–H groups in total. The third kappa shape index (κ3) is 6.68. The minimum absolute atomic E-state index is 0.0815. The van der Waals surface area contributed by atoms with E-state index in [1.54, 1.807) is 0 Å². The zero-order valence-electron chi connectivity index (χ0n) is 12.5. The minimum Gasteiger partial charge on any atom is -0.475 e. The van der Waals surface area contributed by atoms with Gasteiger partial charge in [-0.25, -0.2) is 9.78 Å². The van der Waals surface area contributed by atoms with E-state index in [9.17, 15) is 28.4 Å². The van der Waals surface area contributed by atoms with Gasteiger partial charge in [0.2, 0.25) is 0 Å². The van der Waals surface area contributed by atoms with Crippen LogP contribution in [0.25, 0.3) is 0 Å². The Balaban J connectivity index is 0.000000381. The number of pyridine rings is 1. The Labute approximate surface area is 144 Å². The zero-order valence-corrected chi connectivity index (χ0v) is 13.2. The molecule has 0 aromatic carbocycles. The highest BCUT2D eigenvalue weighted by atomic mass is 35.5. The van der Waals surface area contributed by atoms with Crippen LogP contribution in [0.5, 0.6) is 0 Å². The molecule has 0 saturated carbocycles. The molecule has 0 amide bonds. The molecule has 0 spiro atoms. The van der Waals surface area contributed by atoms with Crippen molar-refractivity contribution in [3.63, 3.8) is 0 Å². The summed E-state index contributed by atoms with van der Waals surface area (Å²) < 4.78 is 31.7. The second-order valence-electron chi connectivity index (χ2n) is 4.95. The van der Waals surface area contributed by atoms with Crippen molar-refractivity contribution in [1.82, 2.24) is 10.3 Å². The fraction of sp³-hybridized carbons (Fsp3) is 0.500. The highest BCUT2D eigenvalue weighted by molar-refractivity contribution is 6.33. The fourth-order valence-corrected chi connectivity index (χ4v) is 2.04. The van der Waals surface area contributed by atoms with Gasteiger partial charge in [0.25, 0.3) is 5.69 Å². The van der Waals surface area contributed by atoms with Crippen molar-refractivity contribution in [2.24, 2.45) is 5.92 Å². The van der Waals surface area contributed by atoms with Crippen LogP contribution >= 0.6 is 11.6 Å². The van der Waals surface area contributed by atoms with Gasteiger partial charge in [-0.05, 0) is 0 Å². The number of alkyl halides is 3. The van der Waals surface area contributed by atoms with Gasteiger partial charge in [-0.3, -0.25) is 10.1 Å². The number of nitro groups is 1. The van der Waals surface area contributed by atoms with Crippen LogP contribution in [0.15, 0.2) is 12.3 Å². The van der Waals surface area contributed by atoms with Crippen LogP contribution in [0.4, 0.5) is 24.7 Å². The van der Waals surface area contributed by atoms with E-state index in [1.165, 1.54) is 6.07 Å². The van der Waals surface area contributed by atoms with Crippen LogP contribution in [0.1, 0.15) is 0 Å². The number of aromatic nitrogens is 1. The molecule has 2 unspecified atom stereocenters. The SMILES string of the molecule is O=C(O)C(F)(F)F.O=[N+]([O-])c1cnc(NCC2CNCC2O)c(Cl)c1. The van der Waals surface area contributed by atoms with Gasteiger partial charge in [0, 0.05) is 31.6 Å². The van der Waals surface area contributed by atoms with E-state index in [1.807, 2.05) is 0 Å². The van der Waals surface area contributed by atoms with Gasteiger partial charge in [0.15, 0.2) is 0 Å². The molecule has 2 atom stereocenters. The fourth-order valence-electron chi connectivity index (χ4n) is 1.81. The number of β-amino-alcohol motifs (C(OH)–C–C–N with tert-alkyl or cyclic N) is 1. The van der Waals surface area contributed by atoms with Gasteiger partial charge in [-0.1, -0.05) is 11.6 Å². The Morgan fingerprint density at radius 2 is 2.12 bits per heavy atom. The maximum absolute atomic E-state index is 10.6. The number of carboxylic acid groups (broad SMARTS) is 1. The lowest BCUT2D eigenvalue weighted by Crippen LogP contribution is -2.25. The highest BCUT2D eigenvalue weighted by Crippen LogP contribution is 2.24. The van der Waals surface area contributed by atoms with E-state index in [4.69, 9.17) is 21.5 Å². The number of aliphatic hydroxyl groups excluding tert-OH is 1. The van der Waals surface area contributed by atoms with Crippen molar-refractivity contribution < 1.29 is 33.1 Å². The molecule has 1 saturated heterocycles. The van der Waals surface area contributed by atoms with Crippen molar-refractivity contribution in [2.45, 2.75) is 12.3 Å². The predicted molar refractivity (Wildman–Crippen MR) is 80.4 cm³/mol. The largest absolute Gasteiger partial charge is 0.490 e. The molecule has 0 radical (unpaired) electrons. The number of rotatable bonds is 4. The molecule has 1 aliphatic rings. The summed E-state index contributed by atoms with van der Waals surface area (Å²) in [6.07, 6.45) is -4.33. The van der Waals surface area contributed by atoms with Crippen molar-refractivity contribution in [2.75, 3.05) is 25.0 Å². The first-order valence-electron chi connectivity index (χ1n) is 6.75. The highest BCUT2D eigenvalue weighted by Gasteiger charge is 2.38. The van der Waals surface area contributed by atoms with Gasteiger partial charge >= 0.3 is 12.1 Å². The van der Waals surface area contributed by atoms with Gasteiger partial charge in [0.1, 0.15) is 12.0 Å². The molecular formula is C12H14ClF3N4O5. The van der Waals surface area contributed by atoms with E-state index in [0.29, 0.717) is 18.9 Å². The number of aliphatic hydroxyl groups is 1. The number of carboxylic acids is 1. The molecule has 140 valence electrons. The average molecular weight is 387 g/mol. The van der Waals surface area contributed by atoms with Gasteiger partial charge in [-0.2, -0.15) is 13.2 Å². The van der Waals surface area contributed by atoms with Crippen molar-refractivity contribution in [1.29, 1.82) is 0 Å². The smallest absolute Gasteiger partial charge is 0.475 e. The quantitative estimate of drug-likeness (QED) is 0.448. The molecule has 2 rings (SSSR count). The number of nitrogens with zero attached hydrogens (tertiary/aromatic N) is 2. The molecule has 9 nitrogen and oxygen atoms in total. The predicted octanol–water partition coefficient (Wildman–Crippen LogP) is 1.27. The summed E-state index contributed by atoms with van der Waals surface area (Å²) in [5, 5.41) is 33.5. The van der Waals surface area contributed by atoms with E-state index in [0.717, 1.165) is 12.7 Å². The molecule has 0 bridgehead atoms. The van der Waals surface area contributed by atoms with E-state index < -0.39 is 23.2 Å². The van der Waals surface area contributed by atoms with E-state index >= 15 is 0 Å². The number of carbonyl (C=O) groups is 1. The van der Waals surface area contributed by atoms with Crippen LogP contribution in [0, 0.1) is 16.0 Å². The molecular weight excluding hydrogens is 373 g/mol. The first-order valence-corrected chi connectivity index (χ1v) is 7.13. The first kappa shape index (κ1) is 20.9. The number of hydrogen-bond acceptors (Lipinski definition) is 7. The molecule has 13 heteroatoms. The number of anilines is 1. The lowest BCUT2D eigenvalue weighted by molar-refractivity contribution is -0.385. The van der Waals surface area contributed by atoms with Crippen LogP contribution < -0.4 is 10.6 Å². The number of nitrogens with one attached hydrogen (secondary N) is 2. The zero-order chi connectivity index (χ0) is 19.2. The van der Waals surface area contributed by atoms with Crippen LogP contribution in [-0.2, 0) is 4.79 Å². The second kappa shape index (κ2) is 8.78. The van der Waals surface area contributed by atoms with Gasteiger partial charge < -0.3 is 20.8 Å². The standard InChI is InChI=1S/C10H13ClN4O3.C2HF3O2/c11-8-1-7(15(17)18)4-14-10(8)13-3-6-2-12-5-9(6)16;3-2(4,5)1(6)7/h1,4,6,9,12,16H,2-3,5H2,(H,13,14);(H,6,7). The average Bonchev–Trinajstić information content (AvgIpc) is 2.90. The van der Waals surface area contributed by atoms with E-state index in [2.05, 4.69) is 15.6 Å². The van der Waals surface area contributed by atoms with Crippen LogP contribution in [-0.4, -0.2) is 58.0 Å². The number of aliphatic carboxylic acids is 1. The summed E-state index contributed by atoms with van der Waals surface area (Å²) in [7, 11) is 0. The maximum Gasteiger partial charge on any atom is 0.490 e. The molecule has 25 heavy (non-hydrogen) atoms. The summed E-state index contributed by atoms with van der Waals surface area (Å²) in [5.41, 5.74) is -0.145. The van der Waals surface area contributed by atoms with Gasteiger partial charge in [0.05, 0.1) is 16.0 Å². The molecule has 1 aliphatic heterocycles. The molecule has 2 heterocycles. The second-order valence-corrected chi connectivity index (χ2v) is 5.36. The Morgan fingerprint density at radius 3 is 2.52 bits per heavy atom. The van der Waals surface area contributed by atoms with Crippen LogP contribution in [0.3, 0.4) is 0 Å². The van der Waals surface area contributed by atoms with Crippen LogP contribution in [0.2, 0.25) is 5.02 Å². The lowest BCUT2D eigenvalue weighted by atomic mass is 10.1. The minimum atomic E-state index is -5.08. The summed E-state index contributed by atoms with van der Waals surface area (Å²) in [5.74, 6) is -2.29. The Kier molecular flexibility index (Phi) is 7.33. The normalized spacial score (nSPS) is 19.7. The maximum atomic E-state index is 10.6. The van der Waals surface area contributed by atoms with Crippen molar-refractivity contribution >= 4 is 29.1 Å². The summed E-state index contributed by atoms with van der Waals surface area (Å²) in [4.78, 5) is 22.8. The number of halogens is 4. The Morgan fingerprint density at radius 1 is 1.52 bits per heavy atom. The summed E-state index contributed by atoms with van der Waals surface area (Å²) >= 11 is 5.89. The van der Waals surface area contributed by atoms with Crippen molar-refractivity contribution in [3.05, 3.63) is 27.4 Å². The lowest BCUT2D eigenvalue weighted by Gasteiger charge is -2.14. The van der Waals surface area contributed by atoms with E-state index in [-0.39, 0.29) is 16.6 Å². The number of hydrogen-bond donors (Lipinski definition) is 4. The summed E-state index contributed by atoms with van der Waals surface area (Å²) in [6, 6.07) is 1.25. The Bertz CT molecular complexity index is 631.